The van der Waals surface area contributed by atoms with Crippen LogP contribution in [-0.2, 0) is 0 Å². The Hall–Kier alpha value is -2.00. The molecule has 0 amide bonds. The third kappa shape index (κ3) is 3.67. The maximum atomic E-state index is 10.3. The van der Waals surface area contributed by atoms with E-state index in [1.54, 1.807) is 12.1 Å². The van der Waals surface area contributed by atoms with Crippen molar-refractivity contribution in [1.29, 1.82) is 5.26 Å². The lowest BCUT2D eigenvalue weighted by molar-refractivity contribution is 0.421. The van der Waals surface area contributed by atoms with E-state index in [9.17, 15) is 10.4 Å². The monoisotopic (exact) mass is 358 g/mol. The standard InChI is InChI=1S/C17H11ClN2OS2/c18-11-5-7-12(8-6-11)22-10-15(21)13(9-19)17-20-14-3-1-2-4-16(14)23-17/h1-8,21H,10H2. The summed E-state index contributed by atoms with van der Waals surface area (Å²) in [4.78, 5) is 5.40. The number of allylic oxidation sites excluding steroid dienone is 1. The van der Waals surface area contributed by atoms with Crippen LogP contribution in [0.4, 0.5) is 0 Å². The third-order valence-electron chi connectivity index (χ3n) is 3.10. The first-order valence-corrected chi connectivity index (χ1v) is 8.92. The Kier molecular flexibility index (Phi) is 4.87. The van der Waals surface area contributed by atoms with Crippen molar-refractivity contribution in [3.8, 4) is 6.07 Å². The first-order chi connectivity index (χ1) is 11.2. The molecule has 0 spiro atoms. The number of fused-ring (bicyclic) bond motifs is 1. The molecule has 0 atom stereocenters. The smallest absolute Gasteiger partial charge is 0.138 e. The summed E-state index contributed by atoms with van der Waals surface area (Å²) in [5, 5.41) is 20.9. The zero-order chi connectivity index (χ0) is 16.2. The van der Waals surface area contributed by atoms with Gasteiger partial charge < -0.3 is 5.11 Å². The number of benzene rings is 2. The number of thiazole rings is 1. The van der Waals surface area contributed by atoms with Crippen molar-refractivity contribution in [2.24, 2.45) is 0 Å². The first-order valence-electron chi connectivity index (χ1n) is 6.74. The number of aromatic nitrogens is 1. The SMILES string of the molecule is N#CC(=C(O)CSc1ccc(Cl)cc1)c1nc2ccccc2s1. The average Bonchev–Trinajstić information content (AvgIpc) is 2.98. The molecule has 6 heteroatoms. The van der Waals surface area contributed by atoms with Crippen LogP contribution in [0.1, 0.15) is 5.01 Å². The van der Waals surface area contributed by atoms with Gasteiger partial charge in [0.05, 0.1) is 16.0 Å². The molecular formula is C17H11ClN2OS2. The predicted molar refractivity (Wildman–Crippen MR) is 97.0 cm³/mol. The van der Waals surface area contributed by atoms with Gasteiger partial charge in [-0.15, -0.1) is 23.1 Å². The summed E-state index contributed by atoms with van der Waals surface area (Å²) in [6.45, 7) is 0. The van der Waals surface area contributed by atoms with Crippen LogP contribution in [0.2, 0.25) is 5.02 Å². The molecule has 0 saturated carbocycles. The van der Waals surface area contributed by atoms with E-state index in [0.717, 1.165) is 15.1 Å². The van der Waals surface area contributed by atoms with Crippen molar-refractivity contribution < 1.29 is 5.11 Å². The summed E-state index contributed by atoms with van der Waals surface area (Å²) in [7, 11) is 0. The molecule has 1 aromatic heterocycles. The minimum absolute atomic E-state index is 0.0338. The zero-order valence-electron chi connectivity index (χ0n) is 11.9. The first kappa shape index (κ1) is 15.9. The van der Waals surface area contributed by atoms with Crippen molar-refractivity contribution in [1.82, 2.24) is 4.98 Å². The Morgan fingerprint density at radius 3 is 2.65 bits per heavy atom. The van der Waals surface area contributed by atoms with Crippen LogP contribution in [-0.4, -0.2) is 15.8 Å². The minimum Gasteiger partial charge on any atom is -0.510 e. The van der Waals surface area contributed by atoms with Crippen molar-refractivity contribution in [2.45, 2.75) is 4.90 Å². The van der Waals surface area contributed by atoms with Gasteiger partial charge in [0.1, 0.15) is 22.4 Å². The van der Waals surface area contributed by atoms with Gasteiger partial charge in [-0.3, -0.25) is 0 Å². The van der Waals surface area contributed by atoms with Gasteiger partial charge in [-0.2, -0.15) is 5.26 Å². The number of rotatable bonds is 4. The molecule has 1 heterocycles. The second-order valence-corrected chi connectivity index (χ2v) is 7.18. The van der Waals surface area contributed by atoms with E-state index in [1.165, 1.54) is 23.1 Å². The molecule has 0 aliphatic heterocycles. The second-order valence-electron chi connectivity index (χ2n) is 4.66. The number of halogens is 1. The number of nitrogens with zero attached hydrogens (tertiary/aromatic N) is 2. The Labute approximate surface area is 146 Å². The fourth-order valence-electron chi connectivity index (χ4n) is 1.97. The molecule has 1 N–H and O–H groups in total. The Morgan fingerprint density at radius 2 is 1.96 bits per heavy atom. The van der Waals surface area contributed by atoms with E-state index >= 15 is 0 Å². The summed E-state index contributed by atoms with van der Waals surface area (Å²) in [5.74, 6) is 0.340. The van der Waals surface area contributed by atoms with Gasteiger partial charge in [0, 0.05) is 9.92 Å². The molecule has 3 rings (SSSR count). The number of para-hydroxylation sites is 1. The molecule has 0 fully saturated rings. The zero-order valence-corrected chi connectivity index (χ0v) is 14.3. The van der Waals surface area contributed by atoms with Gasteiger partial charge >= 0.3 is 0 Å². The largest absolute Gasteiger partial charge is 0.510 e. The van der Waals surface area contributed by atoms with Crippen LogP contribution in [0.25, 0.3) is 15.8 Å². The Bertz CT molecular complexity index is 877. The number of hydrogen-bond acceptors (Lipinski definition) is 5. The van der Waals surface area contributed by atoms with Crippen LogP contribution in [0, 0.1) is 11.3 Å². The molecule has 114 valence electrons. The molecule has 0 radical (unpaired) electrons. The Balaban J connectivity index is 1.84. The minimum atomic E-state index is 0.0338. The van der Waals surface area contributed by atoms with E-state index in [1.807, 2.05) is 36.4 Å². The summed E-state index contributed by atoms with van der Waals surface area (Å²) >= 11 is 8.69. The number of thioether (sulfide) groups is 1. The fourth-order valence-corrected chi connectivity index (χ4v) is 3.85. The molecule has 0 bridgehead atoms. The van der Waals surface area contributed by atoms with Gasteiger partial charge in [-0.25, -0.2) is 4.98 Å². The number of hydrogen-bond donors (Lipinski definition) is 1. The molecule has 23 heavy (non-hydrogen) atoms. The van der Waals surface area contributed by atoms with Gasteiger partial charge in [0.25, 0.3) is 0 Å². The van der Waals surface area contributed by atoms with Crippen LogP contribution >= 0.6 is 34.7 Å². The molecule has 0 saturated heterocycles. The lowest BCUT2D eigenvalue weighted by Crippen LogP contribution is -1.92. The summed E-state index contributed by atoms with van der Waals surface area (Å²) in [5.41, 5.74) is 1.06. The molecule has 0 aliphatic carbocycles. The summed E-state index contributed by atoms with van der Waals surface area (Å²) < 4.78 is 0.994. The quantitative estimate of drug-likeness (QED) is 0.378. The highest BCUT2D eigenvalue weighted by Crippen LogP contribution is 2.30. The molecule has 2 aromatic carbocycles. The van der Waals surface area contributed by atoms with Crippen LogP contribution in [0.15, 0.2) is 59.2 Å². The van der Waals surface area contributed by atoms with Gasteiger partial charge in [-0.05, 0) is 36.4 Å². The van der Waals surface area contributed by atoms with Crippen molar-refractivity contribution >= 4 is 50.5 Å². The van der Waals surface area contributed by atoms with E-state index < -0.39 is 0 Å². The van der Waals surface area contributed by atoms with Crippen molar-refractivity contribution in [3.05, 3.63) is 64.3 Å². The normalized spacial score (nSPS) is 12.0. The summed E-state index contributed by atoms with van der Waals surface area (Å²) in [6.07, 6.45) is 0. The summed E-state index contributed by atoms with van der Waals surface area (Å²) in [6, 6.07) is 17.1. The van der Waals surface area contributed by atoms with Crippen LogP contribution < -0.4 is 0 Å². The molecule has 0 aliphatic rings. The number of aliphatic hydroxyl groups excluding tert-OH is 1. The average molecular weight is 359 g/mol. The van der Waals surface area contributed by atoms with Gasteiger partial charge in [0.2, 0.25) is 0 Å². The highest BCUT2D eigenvalue weighted by Gasteiger charge is 2.14. The highest BCUT2D eigenvalue weighted by molar-refractivity contribution is 7.99. The van der Waals surface area contributed by atoms with Crippen molar-refractivity contribution in [2.75, 3.05) is 5.75 Å². The number of aliphatic hydroxyl groups is 1. The second kappa shape index (κ2) is 7.05. The predicted octanol–water partition coefficient (Wildman–Crippen LogP) is 5.53. The van der Waals surface area contributed by atoms with Gasteiger partial charge in [0.15, 0.2) is 0 Å². The third-order valence-corrected chi connectivity index (χ3v) is 5.43. The lowest BCUT2D eigenvalue weighted by atomic mass is 10.2. The van der Waals surface area contributed by atoms with Gasteiger partial charge in [-0.1, -0.05) is 23.7 Å². The number of nitriles is 1. The van der Waals surface area contributed by atoms with Crippen LogP contribution in [0.3, 0.4) is 0 Å². The molecule has 3 aromatic rings. The molecular weight excluding hydrogens is 348 g/mol. The molecule has 3 nitrogen and oxygen atoms in total. The van der Waals surface area contributed by atoms with Crippen molar-refractivity contribution in [3.63, 3.8) is 0 Å². The maximum Gasteiger partial charge on any atom is 0.138 e. The Morgan fingerprint density at radius 1 is 1.22 bits per heavy atom. The molecule has 0 unspecified atom stereocenters. The lowest BCUT2D eigenvalue weighted by Gasteiger charge is -2.03. The maximum absolute atomic E-state index is 10.3. The highest BCUT2D eigenvalue weighted by atomic mass is 35.5. The topological polar surface area (TPSA) is 56.9 Å². The van der Waals surface area contributed by atoms with E-state index in [2.05, 4.69) is 11.1 Å². The fraction of sp³-hybridized carbons (Fsp3) is 0.0588. The van der Waals surface area contributed by atoms with E-state index in [4.69, 9.17) is 11.6 Å². The van der Waals surface area contributed by atoms with E-state index in [0.29, 0.717) is 15.8 Å². The van der Waals surface area contributed by atoms with E-state index in [-0.39, 0.29) is 11.3 Å². The van der Waals surface area contributed by atoms with Crippen LogP contribution in [0.5, 0.6) is 0 Å².